The van der Waals surface area contributed by atoms with Crippen LogP contribution >= 0.6 is 15.9 Å². The Morgan fingerprint density at radius 2 is 2.30 bits per heavy atom. The molecule has 3 rings (SSSR count). The number of fused-ring (bicyclic) bond motifs is 1. The molecule has 0 bridgehead atoms. The molecule has 0 saturated carbocycles. The highest BCUT2D eigenvalue weighted by atomic mass is 79.9. The van der Waals surface area contributed by atoms with Gasteiger partial charge in [0.15, 0.2) is 11.8 Å². The van der Waals surface area contributed by atoms with Crippen molar-refractivity contribution in [2.75, 3.05) is 13.7 Å². The van der Waals surface area contributed by atoms with Crippen molar-refractivity contribution in [3.8, 4) is 0 Å². The zero-order valence-corrected chi connectivity index (χ0v) is 17.7. The highest BCUT2D eigenvalue weighted by Gasteiger charge is 2.22. The van der Waals surface area contributed by atoms with Crippen LogP contribution in [-0.4, -0.2) is 40.4 Å². The molecule has 1 unspecified atom stereocenters. The monoisotopic (exact) mass is 434 g/mol. The zero-order valence-electron chi connectivity index (χ0n) is 16.1. The van der Waals surface area contributed by atoms with Crippen LogP contribution in [0.2, 0.25) is 0 Å². The van der Waals surface area contributed by atoms with Crippen molar-refractivity contribution in [1.29, 1.82) is 0 Å². The Hall–Kier alpha value is -1.93. The molecule has 27 heavy (non-hydrogen) atoms. The Kier molecular flexibility index (Phi) is 6.84. The molecule has 8 heteroatoms. The standard InChI is InChI=1S/C19H27BrN6O/c1-4-21-19(22-10-14-5-6-15(20)9-13(14)2)23-16-7-8-18-24-17(12-27-3)25-26(18)11-16/h5-6,9,16H,4,7-8,10-12H2,1-3H3,(H2,21,22,23). The van der Waals surface area contributed by atoms with Gasteiger partial charge in [0.05, 0.1) is 13.1 Å². The molecule has 0 saturated heterocycles. The van der Waals surface area contributed by atoms with Crippen molar-refractivity contribution in [3.63, 3.8) is 0 Å². The number of aryl methyl sites for hydroxylation is 2. The fourth-order valence-corrected chi connectivity index (χ4v) is 3.66. The number of halogens is 1. The number of nitrogens with zero attached hydrogens (tertiary/aromatic N) is 4. The third-order valence-electron chi connectivity index (χ3n) is 4.57. The van der Waals surface area contributed by atoms with Gasteiger partial charge < -0.3 is 15.4 Å². The maximum Gasteiger partial charge on any atom is 0.191 e. The number of rotatable bonds is 6. The molecule has 0 spiro atoms. The maximum atomic E-state index is 5.13. The number of aromatic nitrogens is 3. The van der Waals surface area contributed by atoms with Crippen molar-refractivity contribution in [2.24, 2.45) is 4.99 Å². The largest absolute Gasteiger partial charge is 0.377 e. The Bertz CT molecular complexity index is 803. The van der Waals surface area contributed by atoms with Gasteiger partial charge >= 0.3 is 0 Å². The van der Waals surface area contributed by atoms with Gasteiger partial charge in [0, 0.05) is 30.6 Å². The number of aliphatic imine (C=N–C) groups is 1. The molecule has 0 amide bonds. The van der Waals surface area contributed by atoms with Gasteiger partial charge in [-0.15, -0.1) is 0 Å². The van der Waals surface area contributed by atoms with E-state index in [-0.39, 0.29) is 6.04 Å². The molecular weight excluding hydrogens is 408 g/mol. The second-order valence-corrected chi connectivity index (χ2v) is 7.62. The molecule has 2 heterocycles. The van der Waals surface area contributed by atoms with Crippen molar-refractivity contribution < 1.29 is 4.74 Å². The van der Waals surface area contributed by atoms with Crippen molar-refractivity contribution >= 4 is 21.9 Å². The summed E-state index contributed by atoms with van der Waals surface area (Å²) in [6.07, 6.45) is 1.91. The first-order valence-corrected chi connectivity index (χ1v) is 10.1. The van der Waals surface area contributed by atoms with Crippen LogP contribution < -0.4 is 10.6 Å². The molecule has 1 aromatic carbocycles. The van der Waals surface area contributed by atoms with Gasteiger partial charge in [-0.05, 0) is 43.5 Å². The SMILES string of the molecule is CCNC(=NCc1ccc(Br)cc1C)NC1CCc2nc(COC)nn2C1. The Balaban J connectivity index is 1.65. The summed E-state index contributed by atoms with van der Waals surface area (Å²) in [7, 11) is 1.66. The second kappa shape index (κ2) is 9.32. The molecule has 1 atom stereocenters. The van der Waals surface area contributed by atoms with Crippen molar-refractivity contribution in [3.05, 3.63) is 45.4 Å². The van der Waals surface area contributed by atoms with Gasteiger partial charge in [-0.25, -0.2) is 14.7 Å². The van der Waals surface area contributed by atoms with Crippen LogP contribution in [-0.2, 0) is 30.9 Å². The summed E-state index contributed by atoms with van der Waals surface area (Å²) in [6.45, 7) is 6.90. The van der Waals surface area contributed by atoms with Gasteiger partial charge in [0.2, 0.25) is 0 Å². The van der Waals surface area contributed by atoms with Gasteiger partial charge in [-0.3, -0.25) is 0 Å². The molecule has 7 nitrogen and oxygen atoms in total. The molecule has 2 aromatic rings. The van der Waals surface area contributed by atoms with Crippen LogP contribution in [0.1, 0.15) is 36.1 Å². The third-order valence-corrected chi connectivity index (χ3v) is 5.07. The van der Waals surface area contributed by atoms with E-state index in [1.54, 1.807) is 7.11 Å². The molecule has 0 aliphatic carbocycles. The smallest absolute Gasteiger partial charge is 0.191 e. The van der Waals surface area contributed by atoms with Crippen LogP contribution in [0.5, 0.6) is 0 Å². The normalized spacial score (nSPS) is 16.9. The summed E-state index contributed by atoms with van der Waals surface area (Å²) in [5.41, 5.74) is 2.46. The predicted octanol–water partition coefficient (Wildman–Crippen LogP) is 2.57. The average Bonchev–Trinajstić information content (AvgIpc) is 3.03. The number of nitrogens with one attached hydrogen (secondary N) is 2. The number of methoxy groups -OCH3 is 1. The summed E-state index contributed by atoms with van der Waals surface area (Å²) >= 11 is 3.51. The minimum Gasteiger partial charge on any atom is -0.377 e. The van der Waals surface area contributed by atoms with Gasteiger partial charge in [-0.2, -0.15) is 5.10 Å². The molecule has 1 aliphatic heterocycles. The number of hydrogen-bond acceptors (Lipinski definition) is 4. The van der Waals surface area contributed by atoms with Crippen molar-refractivity contribution in [1.82, 2.24) is 25.4 Å². The Labute approximate surface area is 168 Å². The predicted molar refractivity (Wildman–Crippen MR) is 110 cm³/mol. The maximum absolute atomic E-state index is 5.13. The van der Waals surface area contributed by atoms with Crippen LogP contribution in [0.15, 0.2) is 27.7 Å². The quantitative estimate of drug-likeness (QED) is 0.539. The van der Waals surface area contributed by atoms with E-state index in [1.165, 1.54) is 11.1 Å². The Morgan fingerprint density at radius 1 is 1.44 bits per heavy atom. The lowest BCUT2D eigenvalue weighted by Crippen LogP contribution is -2.47. The summed E-state index contributed by atoms with van der Waals surface area (Å²) in [5.74, 6) is 2.62. The first-order chi connectivity index (χ1) is 13.1. The van der Waals surface area contributed by atoms with E-state index in [1.807, 2.05) is 4.68 Å². The Morgan fingerprint density at radius 3 is 3.04 bits per heavy atom. The van der Waals surface area contributed by atoms with Crippen LogP contribution in [0, 0.1) is 6.92 Å². The van der Waals surface area contributed by atoms with Gasteiger partial charge in [0.1, 0.15) is 12.4 Å². The van der Waals surface area contributed by atoms with Crippen LogP contribution in [0.25, 0.3) is 0 Å². The van der Waals surface area contributed by atoms with E-state index in [0.717, 1.165) is 48.0 Å². The third kappa shape index (κ3) is 5.29. The highest BCUT2D eigenvalue weighted by molar-refractivity contribution is 9.10. The fourth-order valence-electron chi connectivity index (χ4n) is 3.18. The molecule has 2 N–H and O–H groups in total. The summed E-state index contributed by atoms with van der Waals surface area (Å²) in [4.78, 5) is 9.31. The highest BCUT2D eigenvalue weighted by Crippen LogP contribution is 2.17. The first-order valence-electron chi connectivity index (χ1n) is 9.30. The summed E-state index contributed by atoms with van der Waals surface area (Å²) in [6, 6.07) is 6.57. The van der Waals surface area contributed by atoms with Crippen LogP contribution in [0.4, 0.5) is 0 Å². The van der Waals surface area contributed by atoms with Crippen LogP contribution in [0.3, 0.4) is 0 Å². The summed E-state index contributed by atoms with van der Waals surface area (Å²) < 4.78 is 8.21. The van der Waals surface area contributed by atoms with E-state index in [2.05, 4.69) is 68.7 Å². The number of guanidine groups is 1. The second-order valence-electron chi connectivity index (χ2n) is 6.71. The zero-order chi connectivity index (χ0) is 19.2. The topological polar surface area (TPSA) is 76.4 Å². The number of ether oxygens (including phenoxy) is 1. The lowest BCUT2D eigenvalue weighted by Gasteiger charge is -2.25. The van der Waals surface area contributed by atoms with E-state index in [0.29, 0.717) is 13.2 Å². The molecule has 1 aliphatic rings. The molecule has 1 aromatic heterocycles. The summed E-state index contributed by atoms with van der Waals surface area (Å²) in [5, 5.41) is 11.4. The number of benzene rings is 1. The van der Waals surface area contributed by atoms with E-state index in [4.69, 9.17) is 9.73 Å². The molecule has 146 valence electrons. The number of hydrogen-bond donors (Lipinski definition) is 2. The minimum atomic E-state index is 0.276. The van der Waals surface area contributed by atoms with E-state index >= 15 is 0 Å². The fraction of sp³-hybridized carbons (Fsp3) is 0.526. The van der Waals surface area contributed by atoms with Gasteiger partial charge in [-0.1, -0.05) is 22.0 Å². The molecular formula is C19H27BrN6O. The first kappa shape index (κ1) is 19.8. The lowest BCUT2D eigenvalue weighted by atomic mass is 10.1. The molecule has 0 radical (unpaired) electrons. The van der Waals surface area contributed by atoms with E-state index < -0.39 is 0 Å². The average molecular weight is 435 g/mol. The van der Waals surface area contributed by atoms with Gasteiger partial charge in [0.25, 0.3) is 0 Å². The molecule has 0 fully saturated rings. The van der Waals surface area contributed by atoms with Crippen molar-refractivity contribution in [2.45, 2.75) is 52.4 Å². The van der Waals surface area contributed by atoms with E-state index in [9.17, 15) is 0 Å². The minimum absolute atomic E-state index is 0.276. The lowest BCUT2D eigenvalue weighted by molar-refractivity contribution is 0.177.